The molecule has 2 aromatic rings. The molecule has 0 saturated carbocycles. The zero-order chi connectivity index (χ0) is 24.7. The molecule has 176 valence electrons. The van der Waals surface area contributed by atoms with Gasteiger partial charge in [-0.1, -0.05) is 0 Å². The Morgan fingerprint density at radius 1 is 0.939 bits per heavy atom. The maximum Gasteiger partial charge on any atom is 0.298 e. The molecular formula is C18H19BrN6O8. The molecule has 0 aromatic heterocycles. The number of carbonyl (C=O) groups excluding carboxylic acids is 2. The van der Waals surface area contributed by atoms with Crippen molar-refractivity contribution in [3.8, 4) is 5.75 Å². The van der Waals surface area contributed by atoms with E-state index in [4.69, 9.17) is 20.9 Å². The summed E-state index contributed by atoms with van der Waals surface area (Å²) in [6.45, 7) is 0.434. The maximum atomic E-state index is 11.6. The van der Waals surface area contributed by atoms with Crippen molar-refractivity contribution >= 4 is 50.5 Å². The lowest BCUT2D eigenvalue weighted by atomic mass is 10.1. The number of amides is 2. The lowest BCUT2D eigenvalue weighted by molar-refractivity contribution is -0.384. The first kappa shape index (κ1) is 25.3. The van der Waals surface area contributed by atoms with Crippen LogP contribution >= 0.6 is 15.9 Å². The number of benzene rings is 2. The van der Waals surface area contributed by atoms with Gasteiger partial charge in [-0.15, -0.1) is 0 Å². The van der Waals surface area contributed by atoms with Crippen molar-refractivity contribution in [2.75, 3.05) is 31.2 Å². The van der Waals surface area contributed by atoms with Crippen LogP contribution in [0.4, 0.5) is 22.7 Å². The van der Waals surface area contributed by atoms with Crippen molar-refractivity contribution in [1.29, 1.82) is 0 Å². The SMILES string of the molecule is COCCCOc1cc(C(N)=O)cc([N+](=O)[O-])c1NNc1c(Br)cc(C(N)=O)cc1[N+](=O)[O-]. The van der Waals surface area contributed by atoms with Crippen LogP contribution in [0.15, 0.2) is 28.7 Å². The molecule has 0 aliphatic carbocycles. The summed E-state index contributed by atoms with van der Waals surface area (Å²) in [6.07, 6.45) is 0.434. The van der Waals surface area contributed by atoms with E-state index in [0.29, 0.717) is 13.0 Å². The molecule has 0 aliphatic heterocycles. The Hall–Kier alpha value is -3.98. The second kappa shape index (κ2) is 11.1. The zero-order valence-corrected chi connectivity index (χ0v) is 18.7. The van der Waals surface area contributed by atoms with E-state index >= 15 is 0 Å². The number of nitro benzene ring substituents is 2. The standard InChI is InChI=1S/C18H19BrN6O8/c1-32-3-2-4-33-14-8-10(18(21)27)7-13(25(30)31)16(14)23-22-15-11(19)5-9(17(20)26)6-12(15)24(28)29/h5-8,22-23H,2-4H2,1H3,(H2,20,26)(H2,21,27). The van der Waals surface area contributed by atoms with Crippen LogP contribution in [0.5, 0.6) is 5.75 Å². The van der Waals surface area contributed by atoms with Crippen molar-refractivity contribution in [1.82, 2.24) is 0 Å². The van der Waals surface area contributed by atoms with Gasteiger partial charge in [0.05, 0.1) is 20.9 Å². The molecular weight excluding hydrogens is 508 g/mol. The number of nitrogens with zero attached hydrogens (tertiary/aromatic N) is 2. The Morgan fingerprint density at radius 3 is 1.97 bits per heavy atom. The quantitative estimate of drug-likeness (QED) is 0.179. The minimum Gasteiger partial charge on any atom is -0.491 e. The highest BCUT2D eigenvalue weighted by atomic mass is 79.9. The highest BCUT2D eigenvalue weighted by Gasteiger charge is 2.25. The van der Waals surface area contributed by atoms with Crippen LogP contribution in [0.2, 0.25) is 0 Å². The second-order valence-electron chi connectivity index (χ2n) is 6.41. The van der Waals surface area contributed by atoms with E-state index < -0.39 is 33.0 Å². The monoisotopic (exact) mass is 526 g/mol. The third-order valence-electron chi connectivity index (χ3n) is 4.18. The van der Waals surface area contributed by atoms with Crippen LogP contribution in [0, 0.1) is 20.2 Å². The fourth-order valence-electron chi connectivity index (χ4n) is 2.64. The number of carbonyl (C=O) groups is 2. The Bertz CT molecular complexity index is 1110. The summed E-state index contributed by atoms with van der Waals surface area (Å²) in [5, 5.41) is 23.1. The molecule has 14 nitrogen and oxygen atoms in total. The average Bonchev–Trinajstić information content (AvgIpc) is 2.74. The van der Waals surface area contributed by atoms with E-state index in [1.807, 2.05) is 0 Å². The predicted molar refractivity (Wildman–Crippen MR) is 120 cm³/mol. The molecule has 0 unspecified atom stereocenters. The van der Waals surface area contributed by atoms with Crippen LogP contribution in [-0.2, 0) is 4.74 Å². The first-order chi connectivity index (χ1) is 15.6. The number of nitrogens with two attached hydrogens (primary N) is 2. The Labute approximate surface area is 194 Å². The maximum absolute atomic E-state index is 11.6. The number of hydrazine groups is 1. The molecule has 0 fully saturated rings. The van der Waals surface area contributed by atoms with Crippen LogP contribution in [-0.4, -0.2) is 42.0 Å². The molecule has 0 heterocycles. The number of nitrogens with one attached hydrogen (secondary N) is 2. The van der Waals surface area contributed by atoms with Gasteiger partial charge in [-0.3, -0.25) is 40.7 Å². The Morgan fingerprint density at radius 2 is 1.45 bits per heavy atom. The molecule has 0 radical (unpaired) electrons. The van der Waals surface area contributed by atoms with Crippen molar-refractivity contribution < 1.29 is 28.9 Å². The largest absolute Gasteiger partial charge is 0.491 e. The number of rotatable bonds is 12. The second-order valence-corrected chi connectivity index (χ2v) is 7.26. The summed E-state index contributed by atoms with van der Waals surface area (Å²) in [4.78, 5) is 44.6. The third-order valence-corrected chi connectivity index (χ3v) is 4.80. The number of anilines is 2. The smallest absolute Gasteiger partial charge is 0.298 e. The van der Waals surface area contributed by atoms with Gasteiger partial charge < -0.3 is 20.9 Å². The van der Waals surface area contributed by atoms with Crippen LogP contribution in [0.3, 0.4) is 0 Å². The number of halogens is 1. The highest BCUT2D eigenvalue weighted by Crippen LogP contribution is 2.38. The van der Waals surface area contributed by atoms with Crippen LogP contribution < -0.4 is 27.1 Å². The van der Waals surface area contributed by atoms with Crippen molar-refractivity contribution in [3.63, 3.8) is 0 Å². The van der Waals surface area contributed by atoms with E-state index in [9.17, 15) is 29.8 Å². The molecule has 2 aromatic carbocycles. The molecule has 0 spiro atoms. The summed E-state index contributed by atoms with van der Waals surface area (Å²) in [7, 11) is 1.49. The van der Waals surface area contributed by atoms with E-state index in [1.54, 1.807) is 0 Å². The summed E-state index contributed by atoms with van der Waals surface area (Å²) >= 11 is 3.11. The van der Waals surface area contributed by atoms with E-state index in [1.165, 1.54) is 19.2 Å². The van der Waals surface area contributed by atoms with Gasteiger partial charge >= 0.3 is 0 Å². The number of ether oxygens (including phenoxy) is 2. The molecule has 0 saturated heterocycles. The Balaban J connectivity index is 2.51. The first-order valence-electron chi connectivity index (χ1n) is 9.10. The molecule has 0 atom stereocenters. The van der Waals surface area contributed by atoms with Crippen molar-refractivity contribution in [3.05, 3.63) is 60.1 Å². The minimum absolute atomic E-state index is 0.0805. The highest BCUT2D eigenvalue weighted by molar-refractivity contribution is 9.10. The normalized spacial score (nSPS) is 10.4. The molecule has 33 heavy (non-hydrogen) atoms. The lowest BCUT2D eigenvalue weighted by Crippen LogP contribution is -2.17. The fraction of sp³-hybridized carbons (Fsp3) is 0.222. The molecule has 0 bridgehead atoms. The molecule has 15 heteroatoms. The van der Waals surface area contributed by atoms with Crippen molar-refractivity contribution in [2.45, 2.75) is 6.42 Å². The number of methoxy groups -OCH3 is 1. The molecule has 2 rings (SSSR count). The summed E-state index contributed by atoms with van der Waals surface area (Å²) < 4.78 is 10.6. The lowest BCUT2D eigenvalue weighted by Gasteiger charge is -2.17. The topological polar surface area (TPSA) is 215 Å². The van der Waals surface area contributed by atoms with Gasteiger partial charge in [0.2, 0.25) is 11.8 Å². The fourth-order valence-corrected chi connectivity index (χ4v) is 3.19. The summed E-state index contributed by atoms with van der Waals surface area (Å²) in [6, 6.07) is 4.33. The van der Waals surface area contributed by atoms with E-state index in [-0.39, 0.29) is 39.3 Å². The van der Waals surface area contributed by atoms with Gasteiger partial charge in [-0.2, -0.15) is 0 Å². The number of hydrogen-bond acceptors (Lipinski definition) is 10. The number of hydrogen-bond donors (Lipinski definition) is 4. The molecule has 2 amide bonds. The zero-order valence-electron chi connectivity index (χ0n) is 17.1. The van der Waals surface area contributed by atoms with Gasteiger partial charge in [0.15, 0.2) is 11.4 Å². The van der Waals surface area contributed by atoms with E-state index in [0.717, 1.165) is 12.1 Å². The summed E-state index contributed by atoms with van der Waals surface area (Å²) in [5.41, 5.74) is 13.7. The van der Waals surface area contributed by atoms with Crippen LogP contribution in [0.25, 0.3) is 0 Å². The van der Waals surface area contributed by atoms with Crippen molar-refractivity contribution in [2.24, 2.45) is 11.5 Å². The average molecular weight is 527 g/mol. The van der Waals surface area contributed by atoms with Gasteiger partial charge in [0.1, 0.15) is 5.69 Å². The van der Waals surface area contributed by atoms with Gasteiger partial charge in [0, 0.05) is 43.4 Å². The van der Waals surface area contributed by atoms with Gasteiger partial charge in [-0.25, -0.2) is 0 Å². The molecule has 6 N–H and O–H groups in total. The molecule has 0 aliphatic rings. The van der Waals surface area contributed by atoms with Gasteiger partial charge in [0.25, 0.3) is 11.4 Å². The predicted octanol–water partition coefficient (Wildman–Crippen LogP) is 2.32. The van der Waals surface area contributed by atoms with E-state index in [2.05, 4.69) is 26.8 Å². The number of nitro groups is 2. The first-order valence-corrected chi connectivity index (χ1v) is 9.89. The summed E-state index contributed by atoms with van der Waals surface area (Å²) in [5.74, 6) is -1.91. The third kappa shape index (κ3) is 6.27. The van der Waals surface area contributed by atoms with Crippen LogP contribution in [0.1, 0.15) is 27.1 Å². The van der Waals surface area contributed by atoms with Gasteiger partial charge in [-0.05, 0) is 28.1 Å². The minimum atomic E-state index is -0.917. The number of primary amides is 2. The Kier molecular flexibility index (Phi) is 8.47.